The Morgan fingerprint density at radius 2 is 2.00 bits per heavy atom. The van der Waals surface area contributed by atoms with Crippen LogP contribution in [0, 0.1) is 0 Å². The minimum Gasteiger partial charge on any atom is -0.497 e. The quantitative estimate of drug-likeness (QED) is 0.761. The molecule has 0 heterocycles. The zero-order valence-corrected chi connectivity index (χ0v) is 14.6. The van der Waals surface area contributed by atoms with E-state index in [1.165, 1.54) is 0 Å². The summed E-state index contributed by atoms with van der Waals surface area (Å²) in [5.74, 6) is 0.627. The number of carbonyl (C=O) groups excluding carboxylic acids is 2. The summed E-state index contributed by atoms with van der Waals surface area (Å²) in [6.07, 6.45) is 2.07. The lowest BCUT2D eigenvalue weighted by Crippen LogP contribution is -2.47. The number of carbonyl (C=O) groups is 2. The van der Waals surface area contributed by atoms with Crippen molar-refractivity contribution in [2.75, 3.05) is 13.7 Å². The van der Waals surface area contributed by atoms with Crippen LogP contribution in [-0.4, -0.2) is 36.4 Å². The molecule has 0 unspecified atom stereocenters. The number of benzene rings is 1. The third-order valence-electron chi connectivity index (χ3n) is 3.67. The van der Waals surface area contributed by atoms with Gasteiger partial charge in [-0.15, -0.1) is 0 Å². The Hall–Kier alpha value is -2.04. The maximum Gasteiger partial charge on any atom is 0.242 e. The molecular formula is C18H28N2O3. The van der Waals surface area contributed by atoms with Gasteiger partial charge in [-0.05, 0) is 37.5 Å². The average Bonchev–Trinajstić information content (AvgIpc) is 2.57. The predicted molar refractivity (Wildman–Crippen MR) is 91.2 cm³/mol. The fourth-order valence-corrected chi connectivity index (χ4v) is 2.30. The molecule has 0 aromatic heterocycles. The van der Waals surface area contributed by atoms with Crippen LogP contribution in [0.3, 0.4) is 0 Å². The largest absolute Gasteiger partial charge is 0.497 e. The zero-order valence-electron chi connectivity index (χ0n) is 14.6. The molecule has 5 heteroatoms. The number of ether oxygens (including phenoxy) is 1. The third-order valence-corrected chi connectivity index (χ3v) is 3.67. The Kier molecular flexibility index (Phi) is 8.16. The summed E-state index contributed by atoms with van der Waals surface area (Å²) in [6.45, 7) is 6.76. The van der Waals surface area contributed by atoms with E-state index >= 15 is 0 Å². The molecule has 23 heavy (non-hydrogen) atoms. The van der Waals surface area contributed by atoms with Crippen LogP contribution in [0.15, 0.2) is 24.3 Å². The normalized spacial score (nSPS) is 11.7. The van der Waals surface area contributed by atoms with Crippen LogP contribution in [0.4, 0.5) is 0 Å². The molecule has 0 aliphatic heterocycles. The summed E-state index contributed by atoms with van der Waals surface area (Å²) in [4.78, 5) is 26.3. The molecule has 0 aliphatic rings. The Balaban J connectivity index is 2.90. The highest BCUT2D eigenvalue weighted by Gasteiger charge is 2.25. The molecule has 0 radical (unpaired) electrons. The molecule has 1 aromatic rings. The van der Waals surface area contributed by atoms with E-state index in [1.807, 2.05) is 38.1 Å². The van der Waals surface area contributed by atoms with Crippen molar-refractivity contribution in [3.8, 4) is 5.75 Å². The lowest BCUT2D eigenvalue weighted by atomic mass is 10.1. The molecule has 0 bridgehead atoms. The monoisotopic (exact) mass is 320 g/mol. The topological polar surface area (TPSA) is 58.6 Å². The second-order valence-corrected chi connectivity index (χ2v) is 5.59. The molecule has 0 spiro atoms. The number of nitrogens with zero attached hydrogens (tertiary/aromatic N) is 1. The van der Waals surface area contributed by atoms with Gasteiger partial charge in [0, 0.05) is 19.5 Å². The molecule has 128 valence electrons. The fourth-order valence-electron chi connectivity index (χ4n) is 2.30. The molecule has 1 N–H and O–H groups in total. The van der Waals surface area contributed by atoms with E-state index in [-0.39, 0.29) is 11.8 Å². The van der Waals surface area contributed by atoms with Crippen LogP contribution in [-0.2, 0) is 16.1 Å². The Bertz CT molecular complexity index is 517. The second kappa shape index (κ2) is 9.87. The minimum absolute atomic E-state index is 0.00512. The molecule has 2 amide bonds. The second-order valence-electron chi connectivity index (χ2n) is 5.59. The molecule has 0 fully saturated rings. The van der Waals surface area contributed by atoms with Gasteiger partial charge in [0.05, 0.1) is 7.11 Å². The van der Waals surface area contributed by atoms with Gasteiger partial charge in [-0.1, -0.05) is 26.0 Å². The van der Waals surface area contributed by atoms with Crippen LogP contribution in [0.25, 0.3) is 0 Å². The fraction of sp³-hybridized carbons (Fsp3) is 0.556. The molecule has 5 nitrogen and oxygen atoms in total. The SMILES string of the molecule is CCCNC(=O)[C@@H](C)N(Cc1cccc(OC)c1)C(=O)CCC. The van der Waals surface area contributed by atoms with Gasteiger partial charge in [0.25, 0.3) is 0 Å². The van der Waals surface area contributed by atoms with Gasteiger partial charge in [-0.25, -0.2) is 0 Å². The van der Waals surface area contributed by atoms with E-state index in [4.69, 9.17) is 4.74 Å². The number of methoxy groups -OCH3 is 1. The molecule has 0 saturated carbocycles. The van der Waals surface area contributed by atoms with Crippen molar-refractivity contribution in [1.82, 2.24) is 10.2 Å². The third kappa shape index (κ3) is 5.93. The number of hydrogen-bond acceptors (Lipinski definition) is 3. The highest BCUT2D eigenvalue weighted by Crippen LogP contribution is 2.17. The first kappa shape index (κ1) is 19.0. The van der Waals surface area contributed by atoms with Gasteiger partial charge >= 0.3 is 0 Å². The highest BCUT2D eigenvalue weighted by molar-refractivity contribution is 5.87. The van der Waals surface area contributed by atoms with Crippen molar-refractivity contribution in [3.63, 3.8) is 0 Å². The first-order valence-corrected chi connectivity index (χ1v) is 8.23. The van der Waals surface area contributed by atoms with Gasteiger partial charge in [0.1, 0.15) is 11.8 Å². The van der Waals surface area contributed by atoms with E-state index in [2.05, 4.69) is 5.32 Å². The summed E-state index contributed by atoms with van der Waals surface area (Å²) in [7, 11) is 1.61. The summed E-state index contributed by atoms with van der Waals surface area (Å²) >= 11 is 0. The number of hydrogen-bond donors (Lipinski definition) is 1. The van der Waals surface area contributed by atoms with E-state index < -0.39 is 6.04 Å². The van der Waals surface area contributed by atoms with Crippen LogP contribution < -0.4 is 10.1 Å². The lowest BCUT2D eigenvalue weighted by molar-refractivity contribution is -0.140. The van der Waals surface area contributed by atoms with Gasteiger partial charge in [0.15, 0.2) is 0 Å². The van der Waals surface area contributed by atoms with Crippen molar-refractivity contribution in [1.29, 1.82) is 0 Å². The van der Waals surface area contributed by atoms with Gasteiger partial charge < -0.3 is 15.0 Å². The van der Waals surface area contributed by atoms with Crippen LogP contribution >= 0.6 is 0 Å². The number of rotatable bonds is 9. The summed E-state index contributed by atoms with van der Waals surface area (Å²) in [5, 5.41) is 2.86. The van der Waals surface area contributed by atoms with Crippen molar-refractivity contribution < 1.29 is 14.3 Å². The van der Waals surface area contributed by atoms with Crippen LogP contribution in [0.1, 0.15) is 45.6 Å². The maximum atomic E-state index is 12.4. The van der Waals surface area contributed by atoms with Crippen molar-refractivity contribution in [2.45, 2.75) is 52.6 Å². The summed E-state index contributed by atoms with van der Waals surface area (Å²) in [5.41, 5.74) is 0.948. The Labute approximate surface area is 139 Å². The predicted octanol–water partition coefficient (Wildman–Crippen LogP) is 2.74. The van der Waals surface area contributed by atoms with Crippen LogP contribution in [0.2, 0.25) is 0 Å². The first-order valence-electron chi connectivity index (χ1n) is 8.23. The van der Waals surface area contributed by atoms with E-state index in [0.29, 0.717) is 19.5 Å². The highest BCUT2D eigenvalue weighted by atomic mass is 16.5. The zero-order chi connectivity index (χ0) is 17.2. The standard InChI is InChI=1S/C18H28N2O3/c1-5-8-17(21)20(14(3)18(22)19-11-6-2)13-15-9-7-10-16(12-15)23-4/h7,9-10,12,14H,5-6,8,11,13H2,1-4H3,(H,19,22)/t14-/m1/s1. The van der Waals surface area contributed by atoms with Gasteiger partial charge in [-0.2, -0.15) is 0 Å². The molecular weight excluding hydrogens is 292 g/mol. The minimum atomic E-state index is -0.494. The molecule has 0 aliphatic carbocycles. The van der Waals surface area contributed by atoms with Crippen LogP contribution in [0.5, 0.6) is 5.75 Å². The van der Waals surface area contributed by atoms with E-state index in [9.17, 15) is 9.59 Å². The molecule has 1 atom stereocenters. The Morgan fingerprint density at radius 1 is 1.26 bits per heavy atom. The molecule has 0 saturated heterocycles. The first-order chi connectivity index (χ1) is 11.0. The number of amides is 2. The maximum absolute atomic E-state index is 12.4. The smallest absolute Gasteiger partial charge is 0.242 e. The van der Waals surface area contributed by atoms with E-state index in [0.717, 1.165) is 24.2 Å². The van der Waals surface area contributed by atoms with Crippen molar-refractivity contribution >= 4 is 11.8 Å². The number of nitrogens with one attached hydrogen (secondary N) is 1. The summed E-state index contributed by atoms with van der Waals surface area (Å²) in [6, 6.07) is 7.08. The van der Waals surface area contributed by atoms with Crippen molar-refractivity contribution in [2.24, 2.45) is 0 Å². The molecule has 1 aromatic carbocycles. The Morgan fingerprint density at radius 3 is 2.61 bits per heavy atom. The average molecular weight is 320 g/mol. The molecule has 1 rings (SSSR count). The van der Waals surface area contributed by atoms with Crippen molar-refractivity contribution in [3.05, 3.63) is 29.8 Å². The van der Waals surface area contributed by atoms with Gasteiger partial charge in [-0.3, -0.25) is 9.59 Å². The summed E-state index contributed by atoms with van der Waals surface area (Å²) < 4.78 is 5.22. The lowest BCUT2D eigenvalue weighted by Gasteiger charge is -2.29. The van der Waals surface area contributed by atoms with Gasteiger partial charge in [0.2, 0.25) is 11.8 Å². The van der Waals surface area contributed by atoms with E-state index in [1.54, 1.807) is 18.9 Å².